The van der Waals surface area contributed by atoms with Crippen molar-refractivity contribution in [3.8, 4) is 5.75 Å². The van der Waals surface area contributed by atoms with Crippen LogP contribution in [0.15, 0.2) is 47.5 Å². The molecule has 0 spiro atoms. The topological polar surface area (TPSA) is 87.6 Å². The van der Waals surface area contributed by atoms with Crippen molar-refractivity contribution in [2.45, 2.75) is 19.8 Å². The number of benzene rings is 1. The van der Waals surface area contributed by atoms with Crippen LogP contribution < -0.4 is 20.7 Å². The number of aromatic nitrogens is 1. The van der Waals surface area contributed by atoms with Crippen LogP contribution in [0.3, 0.4) is 0 Å². The molecule has 0 fully saturated rings. The Morgan fingerprint density at radius 3 is 2.46 bits per heavy atom. The Hall–Kier alpha value is -2.36. The molecule has 0 saturated heterocycles. The SMILES string of the molecule is CN=C(NCCC(=O)Nc1cccc(C)n1)NCCc1ccc(OC)cc1.I. The van der Waals surface area contributed by atoms with Crippen LogP contribution in [0.4, 0.5) is 5.82 Å². The molecule has 0 radical (unpaired) electrons. The van der Waals surface area contributed by atoms with E-state index >= 15 is 0 Å². The molecule has 0 aliphatic rings. The summed E-state index contributed by atoms with van der Waals surface area (Å²) in [5, 5.41) is 9.17. The molecule has 7 nitrogen and oxygen atoms in total. The molecule has 2 rings (SSSR count). The highest BCUT2D eigenvalue weighted by molar-refractivity contribution is 14.0. The van der Waals surface area contributed by atoms with E-state index in [0.717, 1.165) is 24.4 Å². The second-order valence-electron chi connectivity index (χ2n) is 5.99. The van der Waals surface area contributed by atoms with E-state index in [1.165, 1.54) is 5.56 Å². The number of methoxy groups -OCH3 is 1. The quantitative estimate of drug-likeness (QED) is 0.297. The van der Waals surface area contributed by atoms with Gasteiger partial charge in [0.25, 0.3) is 0 Å². The highest BCUT2D eigenvalue weighted by Crippen LogP contribution is 2.11. The Kier molecular flexibility index (Phi) is 10.9. The number of aliphatic imine (C=N–C) groups is 1. The Morgan fingerprint density at radius 1 is 1.11 bits per heavy atom. The Labute approximate surface area is 183 Å². The van der Waals surface area contributed by atoms with E-state index in [-0.39, 0.29) is 29.9 Å². The van der Waals surface area contributed by atoms with Crippen molar-refractivity contribution in [2.75, 3.05) is 32.6 Å². The molecule has 3 N–H and O–H groups in total. The number of aryl methyl sites for hydroxylation is 1. The molecule has 1 aromatic heterocycles. The van der Waals surface area contributed by atoms with Gasteiger partial charge in [-0.05, 0) is 43.2 Å². The third-order valence-electron chi connectivity index (χ3n) is 3.89. The summed E-state index contributed by atoms with van der Waals surface area (Å²) in [4.78, 5) is 20.4. The van der Waals surface area contributed by atoms with Crippen LogP contribution in [0, 0.1) is 6.92 Å². The first-order valence-electron chi connectivity index (χ1n) is 8.91. The molecule has 0 unspecified atom stereocenters. The van der Waals surface area contributed by atoms with Gasteiger partial charge in [0.2, 0.25) is 5.91 Å². The Balaban J connectivity index is 0.00000392. The predicted octanol–water partition coefficient (Wildman–Crippen LogP) is 2.75. The lowest BCUT2D eigenvalue weighted by molar-refractivity contribution is -0.116. The van der Waals surface area contributed by atoms with Gasteiger partial charge in [0.1, 0.15) is 11.6 Å². The number of halogens is 1. The second kappa shape index (κ2) is 12.9. The lowest BCUT2D eigenvalue weighted by Gasteiger charge is -2.12. The number of ether oxygens (including phenoxy) is 1. The zero-order valence-corrected chi connectivity index (χ0v) is 18.8. The first-order valence-corrected chi connectivity index (χ1v) is 8.91. The fourth-order valence-corrected chi connectivity index (χ4v) is 2.45. The molecule has 2 aromatic rings. The number of carbonyl (C=O) groups excluding carboxylic acids is 1. The molecular formula is C20H28IN5O2. The van der Waals surface area contributed by atoms with Crippen LogP contribution in [0.5, 0.6) is 5.75 Å². The summed E-state index contributed by atoms with van der Waals surface area (Å²) in [6.45, 7) is 3.12. The minimum absolute atomic E-state index is 0. The minimum Gasteiger partial charge on any atom is -0.497 e. The van der Waals surface area contributed by atoms with E-state index in [2.05, 4.69) is 25.9 Å². The molecule has 1 heterocycles. The maximum absolute atomic E-state index is 12.0. The number of rotatable bonds is 8. The highest BCUT2D eigenvalue weighted by Gasteiger charge is 2.04. The van der Waals surface area contributed by atoms with Crippen molar-refractivity contribution < 1.29 is 9.53 Å². The van der Waals surface area contributed by atoms with Crippen LogP contribution in [-0.4, -0.2) is 44.1 Å². The fraction of sp³-hybridized carbons (Fsp3) is 0.350. The molecule has 1 amide bonds. The van der Waals surface area contributed by atoms with Crippen molar-refractivity contribution in [2.24, 2.45) is 4.99 Å². The summed E-state index contributed by atoms with van der Waals surface area (Å²) in [6, 6.07) is 13.5. The summed E-state index contributed by atoms with van der Waals surface area (Å²) in [5.41, 5.74) is 2.08. The maximum atomic E-state index is 12.0. The van der Waals surface area contributed by atoms with E-state index in [9.17, 15) is 4.79 Å². The zero-order valence-electron chi connectivity index (χ0n) is 16.5. The number of pyridine rings is 1. The van der Waals surface area contributed by atoms with E-state index in [0.29, 0.717) is 24.7 Å². The van der Waals surface area contributed by atoms with Crippen molar-refractivity contribution in [3.63, 3.8) is 0 Å². The molecule has 0 atom stereocenters. The van der Waals surface area contributed by atoms with Gasteiger partial charge in [-0.2, -0.15) is 0 Å². The number of guanidine groups is 1. The number of hydrogen-bond acceptors (Lipinski definition) is 4. The van der Waals surface area contributed by atoms with E-state index in [1.807, 2.05) is 43.3 Å². The van der Waals surface area contributed by atoms with Gasteiger partial charge in [0.05, 0.1) is 7.11 Å². The average Bonchev–Trinajstić information content (AvgIpc) is 2.67. The molecule has 0 bridgehead atoms. The molecule has 1 aromatic carbocycles. The van der Waals surface area contributed by atoms with Crippen molar-refractivity contribution in [3.05, 3.63) is 53.7 Å². The van der Waals surface area contributed by atoms with Crippen LogP contribution in [0.25, 0.3) is 0 Å². The zero-order chi connectivity index (χ0) is 19.5. The minimum atomic E-state index is -0.0886. The van der Waals surface area contributed by atoms with Gasteiger partial charge in [-0.3, -0.25) is 9.79 Å². The molecule has 0 saturated carbocycles. The number of hydrogen-bond donors (Lipinski definition) is 3. The monoisotopic (exact) mass is 497 g/mol. The van der Waals surface area contributed by atoms with E-state index < -0.39 is 0 Å². The Bertz CT molecular complexity index is 765. The third kappa shape index (κ3) is 8.55. The number of nitrogens with one attached hydrogen (secondary N) is 3. The van der Waals surface area contributed by atoms with Gasteiger partial charge in [-0.1, -0.05) is 18.2 Å². The lowest BCUT2D eigenvalue weighted by Crippen LogP contribution is -2.39. The van der Waals surface area contributed by atoms with Crippen LogP contribution in [0.1, 0.15) is 17.7 Å². The van der Waals surface area contributed by atoms with Gasteiger partial charge in [-0.25, -0.2) is 4.98 Å². The average molecular weight is 497 g/mol. The van der Waals surface area contributed by atoms with Crippen LogP contribution in [0.2, 0.25) is 0 Å². The van der Waals surface area contributed by atoms with E-state index in [1.54, 1.807) is 20.2 Å². The molecule has 152 valence electrons. The summed E-state index contributed by atoms with van der Waals surface area (Å²) >= 11 is 0. The van der Waals surface area contributed by atoms with Gasteiger partial charge in [0, 0.05) is 32.3 Å². The van der Waals surface area contributed by atoms with E-state index in [4.69, 9.17) is 4.74 Å². The molecule has 0 aliphatic carbocycles. The summed E-state index contributed by atoms with van der Waals surface area (Å²) < 4.78 is 5.15. The fourth-order valence-electron chi connectivity index (χ4n) is 2.45. The number of nitrogens with zero attached hydrogens (tertiary/aromatic N) is 2. The maximum Gasteiger partial charge on any atom is 0.227 e. The van der Waals surface area contributed by atoms with Crippen molar-refractivity contribution in [1.82, 2.24) is 15.6 Å². The normalized spacial score (nSPS) is 10.6. The number of anilines is 1. The number of amides is 1. The van der Waals surface area contributed by atoms with Crippen molar-refractivity contribution in [1.29, 1.82) is 0 Å². The number of carbonyl (C=O) groups is 1. The largest absolute Gasteiger partial charge is 0.497 e. The van der Waals surface area contributed by atoms with Crippen LogP contribution in [-0.2, 0) is 11.2 Å². The smallest absolute Gasteiger partial charge is 0.227 e. The van der Waals surface area contributed by atoms with Gasteiger partial charge in [0.15, 0.2) is 5.96 Å². The van der Waals surface area contributed by atoms with Crippen LogP contribution >= 0.6 is 24.0 Å². The predicted molar refractivity (Wildman–Crippen MR) is 124 cm³/mol. The molecule has 8 heteroatoms. The summed E-state index contributed by atoms with van der Waals surface area (Å²) in [6.07, 6.45) is 1.19. The molecular weight excluding hydrogens is 469 g/mol. The van der Waals surface area contributed by atoms with Gasteiger partial charge < -0.3 is 20.7 Å². The summed E-state index contributed by atoms with van der Waals surface area (Å²) in [5.74, 6) is 2.00. The molecule has 28 heavy (non-hydrogen) atoms. The van der Waals surface area contributed by atoms with Crippen molar-refractivity contribution >= 4 is 41.7 Å². The van der Waals surface area contributed by atoms with Gasteiger partial charge >= 0.3 is 0 Å². The first-order chi connectivity index (χ1) is 13.1. The highest BCUT2D eigenvalue weighted by atomic mass is 127. The molecule has 0 aliphatic heterocycles. The lowest BCUT2D eigenvalue weighted by atomic mass is 10.1. The standard InChI is InChI=1S/C20H27N5O2.HI/c1-15-5-4-6-18(24-15)25-19(26)12-14-23-20(21-2)22-13-11-16-7-9-17(27-3)10-8-16;/h4-10H,11-14H2,1-3H3,(H2,21,22,23)(H,24,25,26);1H. The second-order valence-corrected chi connectivity index (χ2v) is 5.99. The third-order valence-corrected chi connectivity index (χ3v) is 3.89. The summed E-state index contributed by atoms with van der Waals surface area (Å²) in [7, 11) is 3.36. The first kappa shape index (κ1) is 23.7. The van der Waals surface area contributed by atoms with Gasteiger partial charge in [-0.15, -0.1) is 24.0 Å². The Morgan fingerprint density at radius 2 is 1.82 bits per heavy atom.